The Morgan fingerprint density at radius 3 is 2.35 bits per heavy atom. The summed E-state index contributed by atoms with van der Waals surface area (Å²) < 4.78 is 6.76. The lowest BCUT2D eigenvalue weighted by atomic mass is 10.1. The van der Waals surface area contributed by atoms with Crippen molar-refractivity contribution in [3.8, 4) is 5.75 Å². The molecule has 3 heterocycles. The van der Waals surface area contributed by atoms with Gasteiger partial charge in [-0.15, -0.1) is 5.10 Å². The van der Waals surface area contributed by atoms with E-state index >= 15 is 0 Å². The van der Waals surface area contributed by atoms with Gasteiger partial charge in [-0.1, -0.05) is 12.1 Å². The van der Waals surface area contributed by atoms with Crippen molar-refractivity contribution in [2.45, 2.75) is 39.5 Å². The second kappa shape index (κ2) is 10.1. The van der Waals surface area contributed by atoms with E-state index in [4.69, 9.17) is 10.5 Å². The predicted molar refractivity (Wildman–Crippen MR) is 127 cm³/mol. The van der Waals surface area contributed by atoms with Crippen LogP contribution in [0, 0.1) is 13.8 Å². The van der Waals surface area contributed by atoms with Crippen molar-refractivity contribution in [2.75, 3.05) is 39.0 Å². The smallest absolute Gasteiger partial charge is 0.254 e. The van der Waals surface area contributed by atoms with Crippen LogP contribution >= 0.6 is 0 Å². The third kappa shape index (κ3) is 5.11. The van der Waals surface area contributed by atoms with Crippen LogP contribution in [-0.2, 0) is 22.4 Å². The van der Waals surface area contributed by atoms with Crippen LogP contribution in [0.3, 0.4) is 0 Å². The summed E-state index contributed by atoms with van der Waals surface area (Å²) in [6, 6.07) is 7.78. The number of amides is 2. The summed E-state index contributed by atoms with van der Waals surface area (Å²) in [6.07, 6.45) is 2.12. The van der Waals surface area contributed by atoms with Gasteiger partial charge in [0.25, 0.3) is 5.78 Å². The molecule has 1 saturated heterocycles. The van der Waals surface area contributed by atoms with Crippen LogP contribution in [0.25, 0.3) is 5.78 Å². The summed E-state index contributed by atoms with van der Waals surface area (Å²) in [5, 5.41) is 4.17. The Labute approximate surface area is 198 Å². The van der Waals surface area contributed by atoms with E-state index in [1.807, 2.05) is 47.9 Å². The van der Waals surface area contributed by atoms with Gasteiger partial charge in [-0.3, -0.25) is 9.59 Å². The summed E-state index contributed by atoms with van der Waals surface area (Å²) in [6.45, 7) is 6.12. The zero-order valence-electron chi connectivity index (χ0n) is 20.0. The number of anilines is 1. The van der Waals surface area contributed by atoms with Gasteiger partial charge in [0.2, 0.25) is 17.8 Å². The largest absolute Gasteiger partial charge is 0.497 e. The number of ether oxygens (including phenoxy) is 1. The number of nitrogen functional groups attached to an aromatic ring is 1. The Kier molecular flexibility index (Phi) is 6.95. The van der Waals surface area contributed by atoms with E-state index in [0.29, 0.717) is 44.8 Å². The van der Waals surface area contributed by atoms with Crippen LogP contribution in [0.5, 0.6) is 5.75 Å². The highest BCUT2D eigenvalue weighted by Gasteiger charge is 2.24. The maximum atomic E-state index is 13.1. The quantitative estimate of drug-likeness (QED) is 0.587. The number of nitrogens with zero attached hydrogens (tertiary/aromatic N) is 6. The van der Waals surface area contributed by atoms with Crippen LogP contribution < -0.4 is 10.5 Å². The molecule has 0 radical (unpaired) electrons. The molecular weight excluding hydrogens is 434 g/mol. The zero-order valence-corrected chi connectivity index (χ0v) is 20.0. The molecule has 3 aromatic rings. The maximum absolute atomic E-state index is 13.1. The topological polar surface area (TPSA) is 119 Å². The lowest BCUT2D eigenvalue weighted by molar-refractivity contribution is -0.133. The van der Waals surface area contributed by atoms with Gasteiger partial charge in [-0.25, -0.2) is 4.98 Å². The summed E-state index contributed by atoms with van der Waals surface area (Å²) in [7, 11) is 1.64. The molecule has 1 fully saturated rings. The van der Waals surface area contributed by atoms with Crippen molar-refractivity contribution >= 4 is 23.5 Å². The number of nitrogens with two attached hydrogens (primary N) is 1. The molecule has 4 rings (SSSR count). The predicted octanol–water partition coefficient (Wildman–Crippen LogP) is 1.57. The Balaban J connectivity index is 1.34. The summed E-state index contributed by atoms with van der Waals surface area (Å²) in [4.78, 5) is 38.2. The van der Waals surface area contributed by atoms with Crippen molar-refractivity contribution in [3.63, 3.8) is 0 Å². The van der Waals surface area contributed by atoms with Gasteiger partial charge >= 0.3 is 0 Å². The van der Waals surface area contributed by atoms with Gasteiger partial charge < -0.3 is 20.3 Å². The van der Waals surface area contributed by atoms with Gasteiger partial charge in [0.15, 0.2) is 0 Å². The van der Waals surface area contributed by atoms with E-state index < -0.39 is 0 Å². The summed E-state index contributed by atoms with van der Waals surface area (Å²) in [5.41, 5.74) is 9.20. The molecule has 2 amide bonds. The number of rotatable bonds is 6. The molecule has 180 valence electrons. The minimum Gasteiger partial charge on any atom is -0.497 e. The molecule has 0 spiro atoms. The molecule has 1 aliphatic heterocycles. The first-order chi connectivity index (χ1) is 16.4. The molecule has 10 nitrogen and oxygen atoms in total. The van der Waals surface area contributed by atoms with Gasteiger partial charge in [-0.2, -0.15) is 9.50 Å². The van der Waals surface area contributed by atoms with Crippen molar-refractivity contribution in [1.29, 1.82) is 0 Å². The summed E-state index contributed by atoms with van der Waals surface area (Å²) >= 11 is 0. The first-order valence-electron chi connectivity index (χ1n) is 11.5. The minimum atomic E-state index is 0.0213. The number of carbonyl (C=O) groups is 2. The molecule has 2 N–H and O–H groups in total. The monoisotopic (exact) mass is 465 g/mol. The third-order valence-corrected chi connectivity index (χ3v) is 6.38. The Hall–Kier alpha value is -3.69. The van der Waals surface area contributed by atoms with E-state index in [1.165, 1.54) is 0 Å². The molecule has 0 bridgehead atoms. The van der Waals surface area contributed by atoms with E-state index in [1.54, 1.807) is 11.6 Å². The normalized spacial score (nSPS) is 14.3. The molecule has 2 aromatic heterocycles. The highest BCUT2D eigenvalue weighted by molar-refractivity contribution is 5.80. The fourth-order valence-electron chi connectivity index (χ4n) is 4.36. The molecule has 1 aromatic carbocycles. The molecule has 0 aliphatic carbocycles. The molecular formula is C24H31N7O3. The van der Waals surface area contributed by atoms with Gasteiger partial charge in [0.1, 0.15) is 5.75 Å². The molecule has 1 aliphatic rings. The van der Waals surface area contributed by atoms with E-state index in [-0.39, 0.29) is 24.2 Å². The number of carbonyl (C=O) groups excluding carboxylic acids is 2. The van der Waals surface area contributed by atoms with Crippen molar-refractivity contribution in [2.24, 2.45) is 0 Å². The fraction of sp³-hybridized carbons (Fsp3) is 0.458. The van der Waals surface area contributed by atoms with E-state index in [9.17, 15) is 9.59 Å². The molecule has 0 atom stereocenters. The Bertz CT molecular complexity index is 1190. The SMILES string of the molecule is COc1ccc(CCC(=O)N2CCCN(C(=O)Cc3c(C)nc4nc(N)nn4c3C)CC2)cc1. The number of hydrogen-bond donors (Lipinski definition) is 1. The van der Waals surface area contributed by atoms with Gasteiger partial charge in [0.05, 0.1) is 13.5 Å². The highest BCUT2D eigenvalue weighted by atomic mass is 16.5. The van der Waals surface area contributed by atoms with Crippen LogP contribution in [0.4, 0.5) is 5.95 Å². The number of aromatic nitrogens is 4. The first kappa shape index (κ1) is 23.5. The number of benzene rings is 1. The van der Waals surface area contributed by atoms with Crippen molar-refractivity contribution < 1.29 is 14.3 Å². The van der Waals surface area contributed by atoms with Gasteiger partial charge in [-0.05, 0) is 44.4 Å². The number of aryl methyl sites for hydroxylation is 3. The van der Waals surface area contributed by atoms with E-state index in [2.05, 4.69) is 15.1 Å². The Morgan fingerprint density at radius 1 is 1.00 bits per heavy atom. The molecule has 34 heavy (non-hydrogen) atoms. The average Bonchev–Trinajstić information content (AvgIpc) is 3.04. The van der Waals surface area contributed by atoms with Crippen molar-refractivity contribution in [3.05, 3.63) is 46.8 Å². The standard InChI is InChI=1S/C24H31N7O3/c1-16-20(17(2)31-24(26-16)27-23(25)28-31)15-22(33)30-12-4-11-29(13-14-30)21(32)10-7-18-5-8-19(34-3)9-6-18/h5-6,8-9H,4,7,10-15H2,1-3H3,(H2,25,28). The average molecular weight is 466 g/mol. The van der Waals surface area contributed by atoms with Crippen LogP contribution in [0.1, 0.15) is 35.4 Å². The lowest BCUT2D eigenvalue weighted by Crippen LogP contribution is -2.38. The molecule has 0 unspecified atom stereocenters. The fourth-order valence-corrected chi connectivity index (χ4v) is 4.36. The maximum Gasteiger partial charge on any atom is 0.254 e. The Morgan fingerprint density at radius 2 is 1.68 bits per heavy atom. The third-order valence-electron chi connectivity index (χ3n) is 6.38. The number of fused-ring (bicyclic) bond motifs is 1. The van der Waals surface area contributed by atoms with E-state index in [0.717, 1.165) is 34.7 Å². The second-order valence-electron chi connectivity index (χ2n) is 8.58. The number of hydrogen-bond acceptors (Lipinski definition) is 7. The summed E-state index contributed by atoms with van der Waals surface area (Å²) in [5.74, 6) is 1.53. The first-order valence-corrected chi connectivity index (χ1v) is 11.5. The van der Waals surface area contributed by atoms with Crippen LogP contribution in [-0.4, -0.2) is 74.5 Å². The van der Waals surface area contributed by atoms with Crippen LogP contribution in [0.2, 0.25) is 0 Å². The zero-order chi connectivity index (χ0) is 24.2. The minimum absolute atomic E-state index is 0.0213. The van der Waals surface area contributed by atoms with Crippen LogP contribution in [0.15, 0.2) is 24.3 Å². The van der Waals surface area contributed by atoms with Crippen molar-refractivity contribution in [1.82, 2.24) is 29.4 Å². The van der Waals surface area contributed by atoms with Gasteiger partial charge in [0, 0.05) is 49.6 Å². The highest BCUT2D eigenvalue weighted by Crippen LogP contribution is 2.17. The molecule has 0 saturated carbocycles. The number of methoxy groups -OCH3 is 1. The second-order valence-corrected chi connectivity index (χ2v) is 8.58. The lowest BCUT2D eigenvalue weighted by Gasteiger charge is -2.23. The molecule has 10 heteroatoms.